The highest BCUT2D eigenvalue weighted by Gasteiger charge is 2.42. The van der Waals surface area contributed by atoms with Crippen LogP contribution in [0.15, 0.2) is 18.2 Å². The van der Waals surface area contributed by atoms with E-state index in [4.69, 9.17) is 11.6 Å². The molecule has 1 aromatic rings. The molecule has 0 aromatic heterocycles. The second kappa shape index (κ2) is 6.45. The molecule has 3 amide bonds. The number of likely N-dealkylation sites (tertiary alicyclic amines) is 1. The highest BCUT2D eigenvalue weighted by atomic mass is 35.5. The van der Waals surface area contributed by atoms with Gasteiger partial charge in [0.2, 0.25) is 5.91 Å². The molecular formula is C15H18ClN3O4. The summed E-state index contributed by atoms with van der Waals surface area (Å²) in [7, 11) is 0. The van der Waals surface area contributed by atoms with Crippen molar-refractivity contribution in [3.8, 4) is 0 Å². The Morgan fingerprint density at radius 1 is 1.30 bits per heavy atom. The van der Waals surface area contributed by atoms with E-state index in [0.717, 1.165) is 0 Å². The van der Waals surface area contributed by atoms with E-state index in [1.54, 1.807) is 25.1 Å². The minimum Gasteiger partial charge on any atom is -0.481 e. The molecule has 1 aromatic carbocycles. The predicted molar refractivity (Wildman–Crippen MR) is 86.7 cm³/mol. The lowest BCUT2D eigenvalue weighted by atomic mass is 9.90. The third-order valence-corrected chi connectivity index (χ3v) is 4.13. The molecule has 0 saturated carbocycles. The van der Waals surface area contributed by atoms with Gasteiger partial charge in [0.1, 0.15) is 0 Å². The van der Waals surface area contributed by atoms with Gasteiger partial charge in [-0.25, -0.2) is 4.79 Å². The maximum Gasteiger partial charge on any atom is 0.321 e. The maximum absolute atomic E-state index is 12.3. The molecule has 1 saturated heterocycles. The lowest BCUT2D eigenvalue weighted by Crippen LogP contribution is -2.37. The molecular weight excluding hydrogens is 322 g/mol. The van der Waals surface area contributed by atoms with Crippen LogP contribution < -0.4 is 10.6 Å². The highest BCUT2D eigenvalue weighted by molar-refractivity contribution is 6.33. The summed E-state index contributed by atoms with van der Waals surface area (Å²) in [5.41, 5.74) is -0.0695. The fourth-order valence-electron chi connectivity index (χ4n) is 2.41. The number of urea groups is 1. The summed E-state index contributed by atoms with van der Waals surface area (Å²) in [5.74, 6) is -1.15. The molecule has 0 spiro atoms. The minimum absolute atomic E-state index is 0.136. The van der Waals surface area contributed by atoms with Crippen LogP contribution in [0.2, 0.25) is 5.02 Å². The first-order valence-corrected chi connectivity index (χ1v) is 7.45. The third-order valence-electron chi connectivity index (χ3n) is 3.81. The van der Waals surface area contributed by atoms with E-state index in [0.29, 0.717) is 29.4 Å². The quantitative estimate of drug-likeness (QED) is 0.788. The molecule has 2 rings (SSSR count). The van der Waals surface area contributed by atoms with Crippen molar-refractivity contribution in [3.63, 3.8) is 0 Å². The Bertz CT molecular complexity index is 664. The first kappa shape index (κ1) is 17.1. The number of rotatable bonds is 3. The van der Waals surface area contributed by atoms with Gasteiger partial charge in [-0.05, 0) is 31.5 Å². The van der Waals surface area contributed by atoms with Crippen LogP contribution in [-0.2, 0) is 9.59 Å². The number of nitrogens with one attached hydrogen (secondary N) is 2. The number of halogens is 1. The van der Waals surface area contributed by atoms with Crippen molar-refractivity contribution < 1.29 is 19.5 Å². The Balaban J connectivity index is 2.09. The zero-order valence-corrected chi connectivity index (χ0v) is 13.6. The Kier molecular flexibility index (Phi) is 4.79. The Labute approximate surface area is 138 Å². The highest BCUT2D eigenvalue weighted by Crippen LogP contribution is 2.31. The second-order valence-corrected chi connectivity index (χ2v) is 6.25. The lowest BCUT2D eigenvalue weighted by Gasteiger charge is -2.21. The van der Waals surface area contributed by atoms with E-state index in [1.165, 1.54) is 11.8 Å². The van der Waals surface area contributed by atoms with Gasteiger partial charge in [-0.1, -0.05) is 11.6 Å². The molecule has 0 bridgehead atoms. The van der Waals surface area contributed by atoms with Crippen molar-refractivity contribution in [2.24, 2.45) is 5.41 Å². The first-order chi connectivity index (χ1) is 10.7. The number of carbonyl (C=O) groups is 3. The molecule has 1 heterocycles. The number of carboxylic acids is 1. The fraction of sp³-hybridized carbons (Fsp3) is 0.400. The van der Waals surface area contributed by atoms with E-state index >= 15 is 0 Å². The average Bonchev–Trinajstić information content (AvgIpc) is 2.86. The number of nitrogens with zero attached hydrogens (tertiary/aromatic N) is 1. The molecule has 23 heavy (non-hydrogen) atoms. The van der Waals surface area contributed by atoms with Crippen LogP contribution in [0.1, 0.15) is 20.3 Å². The molecule has 0 aliphatic carbocycles. The summed E-state index contributed by atoms with van der Waals surface area (Å²) < 4.78 is 0. The van der Waals surface area contributed by atoms with Gasteiger partial charge in [-0.15, -0.1) is 0 Å². The Hall–Kier alpha value is -2.28. The van der Waals surface area contributed by atoms with Crippen LogP contribution in [0.25, 0.3) is 0 Å². The fourth-order valence-corrected chi connectivity index (χ4v) is 2.57. The number of carboxylic acid groups (broad SMARTS) is 1. The third kappa shape index (κ3) is 3.92. The number of hydrogen-bond donors (Lipinski definition) is 3. The monoisotopic (exact) mass is 339 g/mol. The molecule has 1 fully saturated rings. The summed E-state index contributed by atoms with van der Waals surface area (Å²) in [6, 6.07) is 4.32. The van der Waals surface area contributed by atoms with Crippen molar-refractivity contribution in [1.29, 1.82) is 0 Å². The summed E-state index contributed by atoms with van der Waals surface area (Å²) in [5, 5.41) is 14.8. The van der Waals surface area contributed by atoms with Crippen molar-refractivity contribution in [2.75, 3.05) is 23.7 Å². The summed E-state index contributed by atoms with van der Waals surface area (Å²) >= 11 is 6.05. The second-order valence-electron chi connectivity index (χ2n) is 5.84. The summed E-state index contributed by atoms with van der Waals surface area (Å²) in [6.45, 7) is 3.49. The molecule has 1 aliphatic rings. The van der Waals surface area contributed by atoms with Crippen molar-refractivity contribution in [2.45, 2.75) is 20.3 Å². The van der Waals surface area contributed by atoms with Gasteiger partial charge in [-0.2, -0.15) is 0 Å². The van der Waals surface area contributed by atoms with Crippen molar-refractivity contribution in [3.05, 3.63) is 23.2 Å². The van der Waals surface area contributed by atoms with Crippen LogP contribution >= 0.6 is 11.6 Å². The first-order valence-electron chi connectivity index (χ1n) is 7.08. The van der Waals surface area contributed by atoms with E-state index < -0.39 is 17.4 Å². The van der Waals surface area contributed by atoms with Gasteiger partial charge in [0.25, 0.3) is 0 Å². The van der Waals surface area contributed by atoms with E-state index in [9.17, 15) is 19.5 Å². The van der Waals surface area contributed by atoms with E-state index in [2.05, 4.69) is 10.6 Å². The van der Waals surface area contributed by atoms with Gasteiger partial charge in [0.15, 0.2) is 0 Å². The van der Waals surface area contributed by atoms with Gasteiger partial charge >= 0.3 is 12.0 Å². The van der Waals surface area contributed by atoms with Crippen LogP contribution in [0.3, 0.4) is 0 Å². The molecule has 7 nitrogen and oxygen atoms in total. The van der Waals surface area contributed by atoms with Crippen molar-refractivity contribution >= 4 is 40.9 Å². The standard InChI is InChI=1S/C15H18ClN3O4/c1-9(20)17-10-3-4-11(16)12(7-10)18-14(23)19-6-5-15(2,8-19)13(21)22/h3-4,7H,5-6,8H2,1-2H3,(H,17,20)(H,18,23)(H,21,22). The maximum atomic E-state index is 12.3. The number of hydrogen-bond acceptors (Lipinski definition) is 3. The van der Waals surface area contributed by atoms with Crippen LogP contribution in [0, 0.1) is 5.41 Å². The number of anilines is 2. The molecule has 1 atom stereocenters. The van der Waals surface area contributed by atoms with E-state index in [1.807, 2.05) is 0 Å². The van der Waals surface area contributed by atoms with E-state index in [-0.39, 0.29) is 12.5 Å². The van der Waals surface area contributed by atoms with Crippen LogP contribution in [0.5, 0.6) is 0 Å². The molecule has 1 unspecified atom stereocenters. The molecule has 0 radical (unpaired) electrons. The zero-order chi connectivity index (χ0) is 17.2. The molecule has 8 heteroatoms. The Morgan fingerprint density at radius 3 is 2.57 bits per heavy atom. The SMILES string of the molecule is CC(=O)Nc1ccc(Cl)c(NC(=O)N2CCC(C)(C(=O)O)C2)c1. The van der Waals surface area contributed by atoms with Gasteiger partial charge in [-0.3, -0.25) is 9.59 Å². The summed E-state index contributed by atoms with van der Waals surface area (Å²) in [6.07, 6.45) is 0.398. The number of carbonyl (C=O) groups excluding carboxylic acids is 2. The predicted octanol–water partition coefficient (Wildman–Crippen LogP) is 2.63. The zero-order valence-electron chi connectivity index (χ0n) is 12.9. The van der Waals surface area contributed by atoms with Crippen molar-refractivity contribution in [1.82, 2.24) is 4.90 Å². The average molecular weight is 340 g/mol. The normalized spacial score (nSPS) is 20.2. The minimum atomic E-state index is -0.931. The molecule has 124 valence electrons. The number of amides is 3. The van der Waals surface area contributed by atoms with Gasteiger partial charge < -0.3 is 20.6 Å². The Morgan fingerprint density at radius 2 is 2.00 bits per heavy atom. The van der Waals surface area contributed by atoms with Crippen LogP contribution in [0.4, 0.5) is 16.2 Å². The molecule has 3 N–H and O–H groups in total. The largest absolute Gasteiger partial charge is 0.481 e. The number of aliphatic carboxylic acids is 1. The number of benzene rings is 1. The molecule has 1 aliphatic heterocycles. The van der Waals surface area contributed by atoms with Crippen LogP contribution in [-0.4, -0.2) is 41.0 Å². The van der Waals surface area contributed by atoms with Gasteiger partial charge in [0, 0.05) is 25.7 Å². The summed E-state index contributed by atoms with van der Waals surface area (Å²) in [4.78, 5) is 36.0. The smallest absolute Gasteiger partial charge is 0.321 e. The van der Waals surface area contributed by atoms with Gasteiger partial charge in [0.05, 0.1) is 16.1 Å². The lowest BCUT2D eigenvalue weighted by molar-refractivity contribution is -0.147. The topological polar surface area (TPSA) is 98.7 Å².